The van der Waals surface area contributed by atoms with E-state index in [2.05, 4.69) is 36.5 Å². The molecule has 0 unspecified atom stereocenters. The second-order valence-corrected chi connectivity index (χ2v) is 3.56. The first kappa shape index (κ1) is 11.2. The second kappa shape index (κ2) is 6.60. The molecule has 0 saturated carbocycles. The van der Waals surface area contributed by atoms with Crippen molar-refractivity contribution in [3.63, 3.8) is 0 Å². The zero-order valence-corrected chi connectivity index (χ0v) is 9.29. The van der Waals surface area contributed by atoms with Crippen molar-refractivity contribution in [3.05, 3.63) is 18.0 Å². The maximum atomic E-state index is 4.47. The van der Waals surface area contributed by atoms with Crippen molar-refractivity contribution < 1.29 is 0 Å². The fourth-order valence-electron chi connectivity index (χ4n) is 1.40. The normalized spacial score (nSPS) is 10.7. The topological polar surface area (TPSA) is 29.9 Å². The van der Waals surface area contributed by atoms with E-state index in [0.717, 1.165) is 25.3 Å². The summed E-state index contributed by atoms with van der Waals surface area (Å²) in [5, 5.41) is 7.74. The van der Waals surface area contributed by atoms with Crippen LogP contribution in [0.4, 0.5) is 0 Å². The van der Waals surface area contributed by atoms with E-state index >= 15 is 0 Å². The predicted molar refractivity (Wildman–Crippen MR) is 59.1 cm³/mol. The third kappa shape index (κ3) is 3.92. The van der Waals surface area contributed by atoms with Gasteiger partial charge in [0.25, 0.3) is 0 Å². The molecule has 0 spiro atoms. The number of unbranched alkanes of at least 4 members (excludes halogenated alkanes) is 2. The van der Waals surface area contributed by atoms with Crippen LogP contribution in [0.5, 0.6) is 0 Å². The molecule has 1 N–H and O–H groups in total. The van der Waals surface area contributed by atoms with Gasteiger partial charge in [0.15, 0.2) is 0 Å². The molecule has 0 fully saturated rings. The Kier molecular flexibility index (Phi) is 5.30. The zero-order valence-electron chi connectivity index (χ0n) is 9.29. The maximum absolute atomic E-state index is 4.47. The Morgan fingerprint density at radius 1 is 1.36 bits per heavy atom. The van der Waals surface area contributed by atoms with Gasteiger partial charge >= 0.3 is 0 Å². The lowest BCUT2D eigenvalue weighted by Crippen LogP contribution is -2.12. The fourth-order valence-corrected chi connectivity index (χ4v) is 1.40. The van der Waals surface area contributed by atoms with Crippen molar-refractivity contribution in [1.82, 2.24) is 15.1 Å². The molecule has 0 radical (unpaired) electrons. The SMILES string of the molecule is CCCCCn1ccc(CNCC)n1. The summed E-state index contributed by atoms with van der Waals surface area (Å²) in [5.74, 6) is 0. The molecule has 0 saturated heterocycles. The molecule has 0 bridgehead atoms. The fraction of sp³-hybridized carbons (Fsp3) is 0.727. The third-order valence-electron chi connectivity index (χ3n) is 2.24. The van der Waals surface area contributed by atoms with Crippen LogP contribution in [0.1, 0.15) is 38.8 Å². The Balaban J connectivity index is 2.27. The van der Waals surface area contributed by atoms with E-state index in [4.69, 9.17) is 0 Å². The second-order valence-electron chi connectivity index (χ2n) is 3.56. The first-order valence-electron chi connectivity index (χ1n) is 5.59. The van der Waals surface area contributed by atoms with E-state index in [1.54, 1.807) is 0 Å². The molecule has 0 aromatic carbocycles. The quantitative estimate of drug-likeness (QED) is 0.676. The Morgan fingerprint density at radius 2 is 2.21 bits per heavy atom. The Labute approximate surface area is 86.5 Å². The van der Waals surface area contributed by atoms with Crippen LogP contribution in [0.2, 0.25) is 0 Å². The molecule has 0 atom stereocenters. The van der Waals surface area contributed by atoms with E-state index in [-0.39, 0.29) is 0 Å². The van der Waals surface area contributed by atoms with Crippen molar-refractivity contribution in [2.24, 2.45) is 0 Å². The molecule has 1 aromatic rings. The predicted octanol–water partition coefficient (Wildman–Crippen LogP) is 2.18. The molecule has 1 aromatic heterocycles. The molecule has 0 aliphatic heterocycles. The zero-order chi connectivity index (χ0) is 10.2. The molecule has 0 aliphatic carbocycles. The van der Waals surface area contributed by atoms with Gasteiger partial charge in [0.2, 0.25) is 0 Å². The number of aryl methyl sites for hydroxylation is 1. The van der Waals surface area contributed by atoms with Crippen LogP contribution < -0.4 is 5.32 Å². The summed E-state index contributed by atoms with van der Waals surface area (Å²) in [6, 6.07) is 2.09. The smallest absolute Gasteiger partial charge is 0.0762 e. The molecule has 1 heterocycles. The Bertz CT molecular complexity index is 242. The van der Waals surface area contributed by atoms with Gasteiger partial charge in [-0.25, -0.2) is 0 Å². The number of aromatic nitrogens is 2. The molecular formula is C11H21N3. The van der Waals surface area contributed by atoms with Gasteiger partial charge in [-0.15, -0.1) is 0 Å². The minimum Gasteiger partial charge on any atom is -0.311 e. The largest absolute Gasteiger partial charge is 0.311 e. The number of nitrogens with one attached hydrogen (secondary N) is 1. The lowest BCUT2D eigenvalue weighted by atomic mass is 10.2. The van der Waals surface area contributed by atoms with Gasteiger partial charge in [0, 0.05) is 19.3 Å². The van der Waals surface area contributed by atoms with Crippen LogP contribution in [-0.2, 0) is 13.1 Å². The highest BCUT2D eigenvalue weighted by Gasteiger charge is 1.97. The Morgan fingerprint density at radius 3 is 2.93 bits per heavy atom. The summed E-state index contributed by atoms with van der Waals surface area (Å²) < 4.78 is 2.04. The van der Waals surface area contributed by atoms with Crippen molar-refractivity contribution >= 4 is 0 Å². The minimum atomic E-state index is 0.886. The van der Waals surface area contributed by atoms with Crippen molar-refractivity contribution in [1.29, 1.82) is 0 Å². The maximum Gasteiger partial charge on any atom is 0.0762 e. The standard InChI is InChI=1S/C11H21N3/c1-3-5-6-8-14-9-7-11(13-14)10-12-4-2/h7,9,12H,3-6,8,10H2,1-2H3. The third-order valence-corrected chi connectivity index (χ3v) is 2.24. The first-order valence-corrected chi connectivity index (χ1v) is 5.59. The average Bonchev–Trinajstić information content (AvgIpc) is 2.63. The van der Waals surface area contributed by atoms with Gasteiger partial charge in [-0.2, -0.15) is 5.10 Å². The molecule has 80 valence electrons. The van der Waals surface area contributed by atoms with Gasteiger partial charge in [-0.05, 0) is 19.0 Å². The van der Waals surface area contributed by atoms with Crippen LogP contribution in [0.3, 0.4) is 0 Å². The van der Waals surface area contributed by atoms with Crippen LogP contribution >= 0.6 is 0 Å². The van der Waals surface area contributed by atoms with Crippen molar-refractivity contribution in [2.75, 3.05) is 6.54 Å². The van der Waals surface area contributed by atoms with E-state index in [9.17, 15) is 0 Å². The average molecular weight is 195 g/mol. The first-order chi connectivity index (χ1) is 6.86. The summed E-state index contributed by atoms with van der Waals surface area (Å²) in [4.78, 5) is 0. The number of hydrogen-bond donors (Lipinski definition) is 1. The molecule has 14 heavy (non-hydrogen) atoms. The summed E-state index contributed by atoms with van der Waals surface area (Å²) >= 11 is 0. The molecule has 3 nitrogen and oxygen atoms in total. The van der Waals surface area contributed by atoms with Crippen molar-refractivity contribution in [3.8, 4) is 0 Å². The number of nitrogens with zero attached hydrogens (tertiary/aromatic N) is 2. The highest BCUT2D eigenvalue weighted by Crippen LogP contribution is 2.00. The highest BCUT2D eigenvalue weighted by molar-refractivity contribution is 4.98. The van der Waals surface area contributed by atoms with E-state index < -0.39 is 0 Å². The van der Waals surface area contributed by atoms with Crippen LogP contribution in [0, 0.1) is 0 Å². The summed E-state index contributed by atoms with van der Waals surface area (Å²) in [6.07, 6.45) is 5.87. The minimum absolute atomic E-state index is 0.886. The van der Waals surface area contributed by atoms with Gasteiger partial charge in [-0.1, -0.05) is 26.7 Å². The van der Waals surface area contributed by atoms with Gasteiger partial charge in [-0.3, -0.25) is 4.68 Å². The van der Waals surface area contributed by atoms with E-state index in [1.807, 2.05) is 4.68 Å². The lowest BCUT2D eigenvalue weighted by Gasteiger charge is -2.00. The van der Waals surface area contributed by atoms with Crippen molar-refractivity contribution in [2.45, 2.75) is 46.2 Å². The van der Waals surface area contributed by atoms with Gasteiger partial charge < -0.3 is 5.32 Å². The summed E-state index contributed by atoms with van der Waals surface area (Å²) in [5.41, 5.74) is 1.14. The monoisotopic (exact) mass is 195 g/mol. The number of rotatable bonds is 7. The van der Waals surface area contributed by atoms with Crippen LogP contribution in [0.15, 0.2) is 12.3 Å². The van der Waals surface area contributed by atoms with E-state index in [0.29, 0.717) is 0 Å². The summed E-state index contributed by atoms with van der Waals surface area (Å²) in [6.45, 7) is 7.28. The molecule has 1 rings (SSSR count). The van der Waals surface area contributed by atoms with E-state index in [1.165, 1.54) is 19.3 Å². The van der Waals surface area contributed by atoms with Crippen LogP contribution in [0.25, 0.3) is 0 Å². The highest BCUT2D eigenvalue weighted by atomic mass is 15.3. The van der Waals surface area contributed by atoms with Gasteiger partial charge in [0.1, 0.15) is 0 Å². The molecule has 0 aliphatic rings. The number of hydrogen-bond acceptors (Lipinski definition) is 2. The lowest BCUT2D eigenvalue weighted by molar-refractivity contribution is 0.544. The molecule has 3 heteroatoms. The van der Waals surface area contributed by atoms with Gasteiger partial charge in [0.05, 0.1) is 5.69 Å². The van der Waals surface area contributed by atoms with Crippen LogP contribution in [-0.4, -0.2) is 16.3 Å². The molecule has 0 amide bonds. The molecular weight excluding hydrogens is 174 g/mol. The Hall–Kier alpha value is -0.830. The summed E-state index contributed by atoms with van der Waals surface area (Å²) in [7, 11) is 0.